The molecule has 0 spiro atoms. The van der Waals surface area contributed by atoms with E-state index in [2.05, 4.69) is 31.3 Å². The number of ether oxygens (including phenoxy) is 2. The van der Waals surface area contributed by atoms with Crippen molar-refractivity contribution in [2.45, 2.75) is 0 Å². The van der Waals surface area contributed by atoms with Gasteiger partial charge in [-0.3, -0.25) is 35.1 Å². The van der Waals surface area contributed by atoms with E-state index in [9.17, 15) is 52.5 Å². The number of aliphatic carboxylic acids is 1. The van der Waals surface area contributed by atoms with Gasteiger partial charge in [-0.15, -0.1) is 10.2 Å². The van der Waals surface area contributed by atoms with Crippen molar-refractivity contribution < 1.29 is 56.8 Å². The number of allylic oxidation sites excluding steroid dienone is 4. The average molecular weight is 837 g/mol. The van der Waals surface area contributed by atoms with E-state index in [1.165, 1.54) is 38.5 Å². The van der Waals surface area contributed by atoms with Crippen molar-refractivity contribution in [2.75, 3.05) is 30.8 Å². The molecule has 0 saturated heterocycles. The zero-order valence-electron chi connectivity index (χ0n) is 30.8. The Morgan fingerprint density at radius 3 is 2.02 bits per heavy atom. The van der Waals surface area contributed by atoms with Crippen molar-refractivity contribution in [3.05, 3.63) is 122 Å². The molecule has 22 heteroatoms. The van der Waals surface area contributed by atoms with Gasteiger partial charge in [-0.05, 0) is 77.9 Å². The SMILES string of the molecule is COc1cc(-c2ccc(N/N=C3\C(=O)c4ccc(N)c(N=Nc5ccc([N+](=O)[O-])cc5C(=O)O)c4C=C3S(=O)(=O)O)c(OC)c2)ccc1N/N=C1/C=CC(=O)C(C(=O)O)=C1. The van der Waals surface area contributed by atoms with Crippen molar-refractivity contribution in [1.82, 2.24) is 0 Å². The second-order valence-corrected chi connectivity index (χ2v) is 13.7. The van der Waals surface area contributed by atoms with Crippen LogP contribution in [-0.4, -0.2) is 77.3 Å². The number of carboxylic acids is 2. The zero-order chi connectivity index (χ0) is 43.5. The molecule has 0 amide bonds. The Morgan fingerprint density at radius 2 is 1.45 bits per heavy atom. The number of non-ortho nitro benzene ring substituents is 1. The van der Waals surface area contributed by atoms with Gasteiger partial charge in [0, 0.05) is 23.3 Å². The van der Waals surface area contributed by atoms with Crippen LogP contribution in [0.4, 0.5) is 34.1 Å². The minimum atomic E-state index is -5.15. The van der Waals surface area contributed by atoms with Crippen molar-refractivity contribution in [1.29, 1.82) is 0 Å². The predicted molar refractivity (Wildman–Crippen MR) is 216 cm³/mol. The largest absolute Gasteiger partial charge is 0.494 e. The van der Waals surface area contributed by atoms with Crippen LogP contribution in [-0.2, 0) is 19.7 Å². The number of nitro benzene ring substituents is 1. The molecule has 0 saturated carbocycles. The third-order valence-corrected chi connectivity index (χ3v) is 9.56. The number of fused-ring (bicyclic) bond motifs is 1. The first-order chi connectivity index (χ1) is 28.5. The van der Waals surface area contributed by atoms with Gasteiger partial charge in [0.05, 0.1) is 47.5 Å². The molecule has 60 heavy (non-hydrogen) atoms. The molecule has 0 atom stereocenters. The lowest BCUT2D eigenvalue weighted by Gasteiger charge is -2.18. The Morgan fingerprint density at radius 1 is 0.817 bits per heavy atom. The minimum Gasteiger partial charge on any atom is -0.494 e. The van der Waals surface area contributed by atoms with Crippen molar-refractivity contribution in [3.63, 3.8) is 0 Å². The molecular formula is C38H28N8O13S. The predicted octanol–water partition coefficient (Wildman–Crippen LogP) is 5.79. The van der Waals surface area contributed by atoms with E-state index in [1.54, 1.807) is 30.3 Å². The molecule has 0 unspecified atom stereocenters. The fourth-order valence-corrected chi connectivity index (χ4v) is 6.39. The average Bonchev–Trinajstić information content (AvgIpc) is 3.21. The molecule has 21 nitrogen and oxygen atoms in total. The van der Waals surface area contributed by atoms with Crippen LogP contribution in [0, 0.1) is 10.1 Å². The number of hydrogen-bond acceptors (Lipinski definition) is 17. The van der Waals surface area contributed by atoms with Gasteiger partial charge in [0.15, 0.2) is 11.5 Å². The third kappa shape index (κ3) is 8.48. The maximum absolute atomic E-state index is 13.8. The number of nitro groups is 1. The molecule has 304 valence electrons. The van der Waals surface area contributed by atoms with Crippen LogP contribution < -0.4 is 26.1 Å². The number of benzene rings is 4. The lowest BCUT2D eigenvalue weighted by atomic mass is 9.92. The number of nitrogens with one attached hydrogen (secondary N) is 2. The summed E-state index contributed by atoms with van der Waals surface area (Å²) < 4.78 is 46.6. The monoisotopic (exact) mass is 836 g/mol. The van der Waals surface area contributed by atoms with Gasteiger partial charge in [0.2, 0.25) is 5.78 Å². The maximum atomic E-state index is 13.8. The third-order valence-electron chi connectivity index (χ3n) is 8.70. The van der Waals surface area contributed by atoms with E-state index >= 15 is 0 Å². The minimum absolute atomic E-state index is 0.125. The quantitative estimate of drug-likeness (QED) is 0.0177. The van der Waals surface area contributed by atoms with Crippen LogP contribution in [0.15, 0.2) is 116 Å². The van der Waals surface area contributed by atoms with Crippen molar-refractivity contribution in [2.24, 2.45) is 20.4 Å². The number of hydrogen-bond donors (Lipinski definition) is 6. The van der Waals surface area contributed by atoms with Gasteiger partial charge in [-0.2, -0.15) is 18.6 Å². The number of carbonyl (C=O) groups is 4. The lowest BCUT2D eigenvalue weighted by molar-refractivity contribution is -0.384. The Bertz CT molecular complexity index is 2860. The highest BCUT2D eigenvalue weighted by atomic mass is 32.2. The highest BCUT2D eigenvalue weighted by molar-refractivity contribution is 7.91. The van der Waals surface area contributed by atoms with Crippen LogP contribution >= 0.6 is 0 Å². The number of methoxy groups -OCH3 is 2. The second kappa shape index (κ2) is 16.6. The van der Waals surface area contributed by atoms with Gasteiger partial charge in [0.25, 0.3) is 15.8 Å². The number of anilines is 3. The number of Topliss-reactive ketones (excluding diaryl/α,β-unsaturated/α-hetero) is 1. The molecule has 2 aliphatic carbocycles. The smallest absolute Gasteiger partial charge is 0.339 e. The van der Waals surface area contributed by atoms with E-state index < -0.39 is 66.0 Å². The number of azo groups is 1. The summed E-state index contributed by atoms with van der Waals surface area (Å²) in [6, 6.07) is 15.1. The van der Waals surface area contributed by atoms with Crippen molar-refractivity contribution >= 4 is 85.2 Å². The molecular weight excluding hydrogens is 809 g/mol. The van der Waals surface area contributed by atoms with Crippen molar-refractivity contribution in [3.8, 4) is 22.6 Å². The molecule has 0 radical (unpaired) electrons. The molecule has 4 aromatic carbocycles. The summed E-state index contributed by atoms with van der Waals surface area (Å²) in [5.41, 5.74) is 10.1. The summed E-state index contributed by atoms with van der Waals surface area (Å²) in [7, 11) is -2.38. The number of nitrogens with zero attached hydrogens (tertiary/aromatic N) is 5. The summed E-state index contributed by atoms with van der Waals surface area (Å²) >= 11 is 0. The van der Waals surface area contributed by atoms with Gasteiger partial charge in [-0.1, -0.05) is 12.1 Å². The molecule has 0 fully saturated rings. The highest BCUT2D eigenvalue weighted by Crippen LogP contribution is 2.39. The summed E-state index contributed by atoms with van der Waals surface area (Å²) in [4.78, 5) is 58.1. The summed E-state index contributed by atoms with van der Waals surface area (Å²) in [5.74, 6) is -4.06. The van der Waals surface area contributed by atoms with E-state index in [0.717, 1.165) is 36.4 Å². The second-order valence-electron chi connectivity index (χ2n) is 12.4. The molecule has 4 aromatic rings. The zero-order valence-corrected chi connectivity index (χ0v) is 31.6. The van der Waals surface area contributed by atoms with E-state index in [-0.39, 0.29) is 45.3 Å². The first-order valence-corrected chi connectivity index (χ1v) is 18.3. The lowest BCUT2D eigenvalue weighted by Crippen LogP contribution is -2.27. The Hall–Kier alpha value is -8.37. The molecule has 0 bridgehead atoms. The number of nitrogens with two attached hydrogens (primary N) is 1. The number of rotatable bonds is 13. The van der Waals surface area contributed by atoms with Gasteiger partial charge < -0.3 is 25.4 Å². The van der Waals surface area contributed by atoms with Gasteiger partial charge in [-0.25, -0.2) is 9.59 Å². The first kappa shape index (κ1) is 41.3. The maximum Gasteiger partial charge on any atom is 0.339 e. The first-order valence-electron chi connectivity index (χ1n) is 16.8. The Balaban J connectivity index is 1.29. The van der Waals surface area contributed by atoms with Crippen LogP contribution in [0.5, 0.6) is 11.5 Å². The molecule has 0 heterocycles. The van der Waals surface area contributed by atoms with E-state index in [4.69, 9.17) is 15.2 Å². The number of carbonyl (C=O) groups excluding carboxylic acids is 2. The summed E-state index contributed by atoms with van der Waals surface area (Å²) in [6.45, 7) is 0. The number of aromatic carboxylic acids is 1. The fraction of sp³-hybridized carbons (Fsp3) is 0.0526. The number of hydrazone groups is 2. The number of carboxylic acid groups (broad SMARTS) is 2. The van der Waals surface area contributed by atoms with Crippen LogP contribution in [0.3, 0.4) is 0 Å². The molecule has 0 aliphatic heterocycles. The molecule has 7 N–H and O–H groups in total. The van der Waals surface area contributed by atoms with Crippen LogP contribution in [0.25, 0.3) is 17.2 Å². The van der Waals surface area contributed by atoms with Crippen LogP contribution in [0.2, 0.25) is 0 Å². The number of nitrogen functional groups attached to an aromatic ring is 1. The van der Waals surface area contributed by atoms with Gasteiger partial charge >= 0.3 is 11.9 Å². The van der Waals surface area contributed by atoms with E-state index in [1.807, 2.05) is 0 Å². The standard InChI is InChI=1S/C38H28N8O13S/c1-58-31-13-18(3-9-28(31)42-40-20-5-12-30(47)25(15-20)38(51)52)19-4-10-29(32(14-19)59-2)43-45-35-33(60(55,56)57)17-23-22(36(35)48)7-8-26(39)34(23)44-41-27-11-6-21(46(53)54)16-24(27)37(49)50/h3-17,42-43H,39H2,1-2H3,(H,49,50)(H,51,52)(H,55,56,57)/b40-20-,44-41?,45-35-. The Labute approximate surface area is 337 Å². The van der Waals surface area contributed by atoms with E-state index in [0.29, 0.717) is 22.6 Å². The topological polar surface area (TPSA) is 324 Å². The molecule has 2 aliphatic rings. The Kier molecular flexibility index (Phi) is 11.4. The molecule has 6 rings (SSSR count). The highest BCUT2D eigenvalue weighted by Gasteiger charge is 2.35. The number of ketones is 2. The van der Waals surface area contributed by atoms with Crippen LogP contribution in [0.1, 0.15) is 26.3 Å². The molecule has 0 aromatic heterocycles. The normalized spacial score (nSPS) is 15.1. The van der Waals surface area contributed by atoms with Gasteiger partial charge in [0.1, 0.15) is 33.4 Å². The summed E-state index contributed by atoms with van der Waals surface area (Å²) in [6.07, 6.45) is 4.46. The fourth-order valence-electron chi connectivity index (χ4n) is 5.74. The summed E-state index contributed by atoms with van der Waals surface area (Å²) in [5, 5.41) is 46.0.